The van der Waals surface area contributed by atoms with Crippen LogP contribution in [0.4, 0.5) is 5.82 Å². The molecule has 1 amide bonds. The normalized spacial score (nSPS) is 19.0. The number of ether oxygens (including phenoxy) is 1. The summed E-state index contributed by atoms with van der Waals surface area (Å²) in [5.74, 6) is 1.72. The highest BCUT2D eigenvalue weighted by atomic mass is 16.5. The highest BCUT2D eigenvalue weighted by Gasteiger charge is 2.18. The number of carbonyl (C=O) groups is 1. The van der Waals surface area contributed by atoms with Gasteiger partial charge in [0.2, 0.25) is 5.91 Å². The van der Waals surface area contributed by atoms with Gasteiger partial charge in [-0.1, -0.05) is 19.3 Å². The predicted molar refractivity (Wildman–Crippen MR) is 97.0 cm³/mol. The van der Waals surface area contributed by atoms with Crippen LogP contribution < -0.4 is 5.32 Å². The molecule has 0 unspecified atom stereocenters. The molecule has 2 aromatic rings. The van der Waals surface area contributed by atoms with Gasteiger partial charge in [0.25, 0.3) is 0 Å². The Hall–Kier alpha value is -2.22. The summed E-state index contributed by atoms with van der Waals surface area (Å²) in [6, 6.07) is 4.39. The largest absolute Gasteiger partial charge is 0.378 e. The van der Waals surface area contributed by atoms with Crippen molar-refractivity contribution in [1.29, 1.82) is 0 Å². The van der Waals surface area contributed by atoms with Crippen molar-refractivity contribution in [2.45, 2.75) is 51.0 Å². The Morgan fingerprint density at radius 1 is 1.15 bits per heavy atom. The molecule has 1 saturated heterocycles. The van der Waals surface area contributed by atoms with Gasteiger partial charge in [-0.3, -0.25) is 4.79 Å². The van der Waals surface area contributed by atoms with Gasteiger partial charge in [0.15, 0.2) is 11.5 Å². The highest BCUT2D eigenvalue weighted by molar-refractivity contribution is 5.76. The van der Waals surface area contributed by atoms with E-state index in [9.17, 15) is 4.79 Å². The molecule has 0 atom stereocenters. The number of morpholine rings is 1. The van der Waals surface area contributed by atoms with Crippen LogP contribution >= 0.6 is 0 Å². The van der Waals surface area contributed by atoms with Gasteiger partial charge in [0.1, 0.15) is 5.82 Å². The lowest BCUT2D eigenvalue weighted by atomic mass is 9.95. The minimum atomic E-state index is 0.140. The van der Waals surface area contributed by atoms with Crippen molar-refractivity contribution in [3.05, 3.63) is 18.0 Å². The van der Waals surface area contributed by atoms with Gasteiger partial charge in [-0.25, -0.2) is 0 Å². The third kappa shape index (κ3) is 3.95. The summed E-state index contributed by atoms with van der Waals surface area (Å²) in [5, 5.41) is 16.6. The van der Waals surface area contributed by atoms with E-state index in [4.69, 9.17) is 4.74 Å². The van der Waals surface area contributed by atoms with E-state index in [1.165, 1.54) is 32.1 Å². The van der Waals surface area contributed by atoms with E-state index >= 15 is 0 Å². The zero-order valence-corrected chi connectivity index (χ0v) is 15.1. The molecule has 3 heterocycles. The fourth-order valence-electron chi connectivity index (χ4n) is 3.71. The summed E-state index contributed by atoms with van der Waals surface area (Å²) >= 11 is 0. The van der Waals surface area contributed by atoms with Gasteiger partial charge in [0.05, 0.1) is 13.2 Å². The molecule has 1 aliphatic carbocycles. The second-order valence-corrected chi connectivity index (χ2v) is 7.08. The van der Waals surface area contributed by atoms with Gasteiger partial charge in [-0.2, -0.15) is 4.52 Å². The molecule has 1 N–H and O–H groups in total. The van der Waals surface area contributed by atoms with Crippen LogP contribution in [0.2, 0.25) is 0 Å². The molecule has 0 bridgehead atoms. The van der Waals surface area contributed by atoms with Crippen molar-refractivity contribution in [1.82, 2.24) is 24.7 Å². The minimum Gasteiger partial charge on any atom is -0.378 e. The number of amides is 1. The Kier molecular flexibility index (Phi) is 5.29. The average molecular weight is 358 g/mol. The molecular formula is C18H26N6O2. The van der Waals surface area contributed by atoms with Gasteiger partial charge in [0, 0.05) is 32.0 Å². The first-order valence-corrected chi connectivity index (χ1v) is 9.63. The quantitative estimate of drug-likeness (QED) is 0.875. The third-order valence-corrected chi connectivity index (χ3v) is 5.21. The number of anilines is 1. The molecule has 1 aliphatic heterocycles. The van der Waals surface area contributed by atoms with Crippen LogP contribution in [0.3, 0.4) is 0 Å². The van der Waals surface area contributed by atoms with Crippen LogP contribution in [0.15, 0.2) is 12.1 Å². The lowest BCUT2D eigenvalue weighted by Crippen LogP contribution is -2.40. The van der Waals surface area contributed by atoms with Crippen molar-refractivity contribution < 1.29 is 9.53 Å². The molecule has 0 spiro atoms. The molecule has 140 valence electrons. The van der Waals surface area contributed by atoms with Crippen molar-refractivity contribution in [2.24, 2.45) is 0 Å². The maximum atomic E-state index is 12.3. The molecule has 8 heteroatoms. The lowest BCUT2D eigenvalue weighted by Gasteiger charge is -2.26. The highest BCUT2D eigenvalue weighted by Crippen LogP contribution is 2.21. The maximum Gasteiger partial charge on any atom is 0.223 e. The predicted octanol–water partition coefficient (Wildman–Crippen LogP) is 1.66. The molecule has 0 aromatic carbocycles. The zero-order chi connectivity index (χ0) is 17.8. The Balaban J connectivity index is 1.41. The first-order valence-electron chi connectivity index (χ1n) is 9.63. The van der Waals surface area contributed by atoms with E-state index in [-0.39, 0.29) is 5.91 Å². The molecule has 1 saturated carbocycles. The van der Waals surface area contributed by atoms with Crippen LogP contribution in [0.5, 0.6) is 0 Å². The van der Waals surface area contributed by atoms with Crippen LogP contribution in [0, 0.1) is 0 Å². The van der Waals surface area contributed by atoms with Crippen molar-refractivity contribution in [3.63, 3.8) is 0 Å². The molecular weight excluding hydrogens is 332 g/mol. The van der Waals surface area contributed by atoms with Gasteiger partial charge >= 0.3 is 0 Å². The fourth-order valence-corrected chi connectivity index (χ4v) is 3.71. The van der Waals surface area contributed by atoms with Gasteiger partial charge < -0.3 is 15.0 Å². The van der Waals surface area contributed by atoms with E-state index in [1.54, 1.807) is 4.52 Å². The monoisotopic (exact) mass is 358 g/mol. The maximum absolute atomic E-state index is 12.3. The number of aryl methyl sites for hydroxylation is 1. The van der Waals surface area contributed by atoms with E-state index in [2.05, 4.69) is 20.6 Å². The number of carbonyl (C=O) groups excluding carboxylic acids is 1. The summed E-state index contributed by atoms with van der Waals surface area (Å²) in [4.78, 5) is 14.2. The van der Waals surface area contributed by atoms with Crippen molar-refractivity contribution in [3.8, 4) is 0 Å². The zero-order valence-electron chi connectivity index (χ0n) is 15.1. The second kappa shape index (κ2) is 7.99. The molecule has 0 radical (unpaired) electrons. The summed E-state index contributed by atoms with van der Waals surface area (Å²) < 4.78 is 7.06. The Morgan fingerprint density at radius 3 is 2.77 bits per heavy atom. The Morgan fingerprint density at radius 2 is 1.96 bits per heavy atom. The molecule has 8 nitrogen and oxygen atoms in total. The van der Waals surface area contributed by atoms with Gasteiger partial charge in [-0.15, -0.1) is 15.3 Å². The van der Waals surface area contributed by atoms with Crippen molar-refractivity contribution >= 4 is 17.4 Å². The summed E-state index contributed by atoms with van der Waals surface area (Å²) in [5.41, 5.74) is 0.716. The first-order chi connectivity index (χ1) is 12.8. The minimum absolute atomic E-state index is 0.140. The summed E-state index contributed by atoms with van der Waals surface area (Å²) in [6.45, 7) is 2.59. The van der Waals surface area contributed by atoms with Crippen LogP contribution in [0.1, 0.15) is 44.3 Å². The molecule has 2 aliphatic rings. The fraction of sp³-hybridized carbons (Fsp3) is 0.667. The molecule has 2 aromatic heterocycles. The number of aromatic nitrogens is 4. The van der Waals surface area contributed by atoms with E-state index < -0.39 is 0 Å². The first kappa shape index (κ1) is 17.2. The number of rotatable bonds is 5. The Bertz CT molecular complexity index is 749. The number of hydrogen-bond donors (Lipinski definition) is 1. The topological polar surface area (TPSA) is 84.7 Å². The second-order valence-electron chi connectivity index (χ2n) is 7.08. The standard InChI is InChI=1S/C18H26N6O2/c25-18(23-10-12-26-13-11-23)9-8-17-21-20-16-7-6-15(22-24(16)17)19-14-4-2-1-3-5-14/h6-7,14H,1-5,8-13H2,(H,19,22). The number of nitrogens with one attached hydrogen (secondary N) is 1. The smallest absolute Gasteiger partial charge is 0.223 e. The number of nitrogens with zero attached hydrogens (tertiary/aromatic N) is 5. The summed E-state index contributed by atoms with van der Waals surface area (Å²) in [6.07, 6.45) is 7.24. The number of fused-ring (bicyclic) bond motifs is 1. The van der Waals surface area contributed by atoms with Crippen LogP contribution in [0.25, 0.3) is 5.65 Å². The summed E-state index contributed by atoms with van der Waals surface area (Å²) in [7, 11) is 0. The number of hydrogen-bond acceptors (Lipinski definition) is 6. The molecule has 26 heavy (non-hydrogen) atoms. The van der Waals surface area contributed by atoms with E-state index in [0.717, 1.165) is 11.6 Å². The van der Waals surface area contributed by atoms with Crippen molar-refractivity contribution in [2.75, 3.05) is 31.6 Å². The van der Waals surface area contributed by atoms with Crippen LogP contribution in [-0.4, -0.2) is 63.0 Å². The van der Waals surface area contributed by atoms with E-state index in [0.29, 0.717) is 50.8 Å². The Labute approximate surface area is 152 Å². The lowest BCUT2D eigenvalue weighted by molar-refractivity contribution is -0.135. The molecule has 2 fully saturated rings. The average Bonchev–Trinajstić information content (AvgIpc) is 3.10. The third-order valence-electron chi connectivity index (χ3n) is 5.21. The SMILES string of the molecule is O=C(CCc1nnc2ccc(NC3CCCCC3)nn12)N1CCOCC1. The van der Waals surface area contributed by atoms with E-state index in [1.807, 2.05) is 17.0 Å². The van der Waals surface area contributed by atoms with Crippen LogP contribution in [-0.2, 0) is 16.0 Å². The van der Waals surface area contributed by atoms with Gasteiger partial charge in [-0.05, 0) is 25.0 Å². The molecule has 4 rings (SSSR count).